The van der Waals surface area contributed by atoms with Gasteiger partial charge in [0, 0.05) is 5.56 Å². The van der Waals surface area contributed by atoms with E-state index in [2.05, 4.69) is 0 Å². The van der Waals surface area contributed by atoms with Crippen LogP contribution < -0.4 is 4.74 Å². The molecule has 18 heavy (non-hydrogen) atoms. The Labute approximate surface area is 105 Å². The van der Waals surface area contributed by atoms with Gasteiger partial charge in [-0.1, -0.05) is 48.5 Å². The fraction of sp³-hybridized carbons (Fsp3) is 0.200. The maximum Gasteiger partial charge on any atom is 0.153 e. The Kier molecular flexibility index (Phi) is 2.58. The molecule has 1 aliphatic heterocycles. The first-order valence-electron chi connectivity index (χ1n) is 5.89. The Morgan fingerprint density at radius 3 is 2.44 bits per heavy atom. The van der Waals surface area contributed by atoms with Gasteiger partial charge >= 0.3 is 0 Å². The lowest BCUT2D eigenvalue weighted by Gasteiger charge is -2.38. The third-order valence-corrected chi connectivity index (χ3v) is 3.39. The van der Waals surface area contributed by atoms with E-state index in [1.165, 1.54) is 0 Å². The van der Waals surface area contributed by atoms with Crippen LogP contribution in [0.5, 0.6) is 5.75 Å². The van der Waals surface area contributed by atoms with Crippen molar-refractivity contribution < 1.29 is 14.9 Å². The first-order valence-corrected chi connectivity index (χ1v) is 5.89. The molecule has 0 saturated heterocycles. The van der Waals surface area contributed by atoms with Crippen LogP contribution in [0, 0.1) is 0 Å². The molecule has 2 unspecified atom stereocenters. The van der Waals surface area contributed by atoms with Crippen LogP contribution >= 0.6 is 0 Å². The van der Waals surface area contributed by atoms with Crippen molar-refractivity contribution in [1.29, 1.82) is 0 Å². The van der Waals surface area contributed by atoms with Crippen molar-refractivity contribution in [2.75, 3.05) is 6.61 Å². The van der Waals surface area contributed by atoms with E-state index in [-0.39, 0.29) is 6.61 Å². The van der Waals surface area contributed by atoms with Crippen molar-refractivity contribution in [3.8, 4) is 5.75 Å². The molecule has 0 aromatic heterocycles. The predicted molar refractivity (Wildman–Crippen MR) is 67.2 cm³/mol. The van der Waals surface area contributed by atoms with Gasteiger partial charge in [0.25, 0.3) is 0 Å². The van der Waals surface area contributed by atoms with Gasteiger partial charge in [-0.05, 0) is 11.6 Å². The molecule has 0 fully saturated rings. The predicted octanol–water partition coefficient (Wildman–Crippen LogP) is 2.00. The Hall–Kier alpha value is -1.84. The van der Waals surface area contributed by atoms with E-state index in [1.54, 1.807) is 24.3 Å². The van der Waals surface area contributed by atoms with Crippen molar-refractivity contribution in [3.05, 3.63) is 65.7 Å². The summed E-state index contributed by atoms with van der Waals surface area (Å²) in [4.78, 5) is 0. The van der Waals surface area contributed by atoms with Gasteiger partial charge in [0.15, 0.2) is 5.60 Å². The third-order valence-electron chi connectivity index (χ3n) is 3.39. The number of hydrogen-bond acceptors (Lipinski definition) is 3. The van der Waals surface area contributed by atoms with Crippen molar-refractivity contribution in [3.63, 3.8) is 0 Å². The summed E-state index contributed by atoms with van der Waals surface area (Å²) in [5.74, 6) is 0.630. The summed E-state index contributed by atoms with van der Waals surface area (Å²) in [6.07, 6.45) is -0.982. The highest BCUT2D eigenvalue weighted by molar-refractivity contribution is 5.41. The van der Waals surface area contributed by atoms with E-state index in [1.807, 2.05) is 30.3 Å². The molecule has 0 bridgehead atoms. The lowest BCUT2D eigenvalue weighted by molar-refractivity contribution is -0.121. The largest absolute Gasteiger partial charge is 0.490 e. The maximum atomic E-state index is 10.7. The standard InChI is InChI=1S/C15H14O3/c16-14-12-8-4-5-9-13(12)18-10-15(14,17)11-6-2-1-3-7-11/h1-9,14,16-17H,10H2. The monoisotopic (exact) mass is 242 g/mol. The molecule has 3 heteroatoms. The molecular formula is C15H14O3. The molecule has 2 aromatic rings. The lowest BCUT2D eigenvalue weighted by atomic mass is 9.83. The van der Waals surface area contributed by atoms with Gasteiger partial charge in [-0.3, -0.25) is 0 Å². The molecule has 2 aromatic carbocycles. The number of aliphatic hydroxyl groups excluding tert-OH is 1. The summed E-state index contributed by atoms with van der Waals surface area (Å²) >= 11 is 0. The summed E-state index contributed by atoms with van der Waals surface area (Å²) in [5.41, 5.74) is -0.114. The lowest BCUT2D eigenvalue weighted by Crippen LogP contribution is -2.42. The van der Waals surface area contributed by atoms with Gasteiger partial charge in [-0.15, -0.1) is 0 Å². The smallest absolute Gasteiger partial charge is 0.153 e. The van der Waals surface area contributed by atoms with E-state index in [0.29, 0.717) is 16.9 Å². The molecule has 0 radical (unpaired) electrons. The Balaban J connectivity index is 2.07. The van der Waals surface area contributed by atoms with Crippen molar-refractivity contribution >= 4 is 0 Å². The molecule has 0 amide bonds. The molecule has 0 spiro atoms. The number of benzene rings is 2. The van der Waals surface area contributed by atoms with Crippen LogP contribution in [0.4, 0.5) is 0 Å². The molecule has 0 saturated carbocycles. The molecule has 2 atom stereocenters. The summed E-state index contributed by atoms with van der Waals surface area (Å²) in [6, 6.07) is 16.4. The van der Waals surface area contributed by atoms with Crippen LogP contribution in [0.3, 0.4) is 0 Å². The minimum Gasteiger partial charge on any atom is -0.490 e. The van der Waals surface area contributed by atoms with Crippen LogP contribution in [0.25, 0.3) is 0 Å². The zero-order chi connectivity index (χ0) is 12.6. The number of hydrogen-bond donors (Lipinski definition) is 2. The van der Waals surface area contributed by atoms with Crippen molar-refractivity contribution in [2.24, 2.45) is 0 Å². The van der Waals surface area contributed by atoms with Crippen LogP contribution in [-0.2, 0) is 5.60 Å². The third kappa shape index (κ3) is 1.60. The first kappa shape index (κ1) is 11.3. The van der Waals surface area contributed by atoms with Crippen LogP contribution in [0.15, 0.2) is 54.6 Å². The molecule has 92 valence electrons. The van der Waals surface area contributed by atoms with E-state index < -0.39 is 11.7 Å². The number of ether oxygens (including phenoxy) is 1. The van der Waals surface area contributed by atoms with E-state index in [0.717, 1.165) is 0 Å². The normalized spacial score (nSPS) is 26.2. The molecule has 2 N–H and O–H groups in total. The zero-order valence-corrected chi connectivity index (χ0v) is 9.78. The van der Waals surface area contributed by atoms with Gasteiger partial charge in [0.1, 0.15) is 18.5 Å². The minimum atomic E-state index is -1.39. The second kappa shape index (κ2) is 4.12. The summed E-state index contributed by atoms with van der Waals surface area (Å²) < 4.78 is 5.55. The van der Waals surface area contributed by atoms with Crippen molar-refractivity contribution in [1.82, 2.24) is 0 Å². The van der Waals surface area contributed by atoms with Gasteiger partial charge in [0.05, 0.1) is 0 Å². The number of aliphatic hydroxyl groups is 2. The molecule has 3 rings (SSSR count). The van der Waals surface area contributed by atoms with Gasteiger partial charge in [0.2, 0.25) is 0 Å². The Morgan fingerprint density at radius 2 is 1.67 bits per heavy atom. The average molecular weight is 242 g/mol. The van der Waals surface area contributed by atoms with Crippen molar-refractivity contribution in [2.45, 2.75) is 11.7 Å². The summed E-state index contributed by atoms with van der Waals surface area (Å²) in [6.45, 7) is 0.0508. The van der Waals surface area contributed by atoms with E-state index in [9.17, 15) is 10.2 Å². The molecular weight excluding hydrogens is 228 g/mol. The fourth-order valence-corrected chi connectivity index (χ4v) is 2.33. The van der Waals surface area contributed by atoms with E-state index in [4.69, 9.17) is 4.74 Å². The van der Waals surface area contributed by atoms with Gasteiger partial charge < -0.3 is 14.9 Å². The SMILES string of the molecule is OC1c2ccccc2OCC1(O)c1ccccc1. The first-order chi connectivity index (χ1) is 8.72. The number of rotatable bonds is 1. The number of fused-ring (bicyclic) bond motifs is 1. The summed E-state index contributed by atoms with van der Waals surface area (Å²) in [5, 5.41) is 21.1. The molecule has 3 nitrogen and oxygen atoms in total. The van der Waals surface area contributed by atoms with Crippen LogP contribution in [-0.4, -0.2) is 16.8 Å². The average Bonchev–Trinajstić information content (AvgIpc) is 2.44. The Bertz CT molecular complexity index is 553. The van der Waals surface area contributed by atoms with E-state index >= 15 is 0 Å². The minimum absolute atomic E-state index is 0.0508. The highest BCUT2D eigenvalue weighted by Crippen LogP contribution is 2.42. The van der Waals surface area contributed by atoms with Crippen LogP contribution in [0.1, 0.15) is 17.2 Å². The topological polar surface area (TPSA) is 49.7 Å². The fourth-order valence-electron chi connectivity index (χ4n) is 2.33. The highest BCUT2D eigenvalue weighted by atomic mass is 16.5. The zero-order valence-electron chi connectivity index (χ0n) is 9.78. The Morgan fingerprint density at radius 1 is 1.00 bits per heavy atom. The van der Waals surface area contributed by atoms with Gasteiger partial charge in [-0.25, -0.2) is 0 Å². The van der Waals surface area contributed by atoms with Gasteiger partial charge in [-0.2, -0.15) is 0 Å². The molecule has 0 aliphatic carbocycles. The second-order valence-electron chi connectivity index (χ2n) is 4.52. The highest BCUT2D eigenvalue weighted by Gasteiger charge is 2.43. The molecule has 1 aliphatic rings. The quantitative estimate of drug-likeness (QED) is 0.804. The van der Waals surface area contributed by atoms with Crippen LogP contribution in [0.2, 0.25) is 0 Å². The number of para-hydroxylation sites is 1. The summed E-state index contributed by atoms with van der Waals surface area (Å²) in [7, 11) is 0. The second-order valence-corrected chi connectivity index (χ2v) is 4.52. The molecule has 1 heterocycles. The maximum absolute atomic E-state index is 10.7.